The monoisotopic (exact) mass is 361 g/mol. The molecular weight excluding hydrogens is 342 g/mol. The fraction of sp³-hybridized carbons (Fsp3) is 0.100. The number of hydrogen-bond acceptors (Lipinski definition) is 5. The molecule has 0 unspecified atom stereocenters. The van der Waals surface area contributed by atoms with Crippen LogP contribution in [0.1, 0.15) is 12.5 Å². The van der Waals surface area contributed by atoms with E-state index in [-0.39, 0.29) is 11.9 Å². The minimum atomic E-state index is -0.369. The standard InChI is InChI=1S/C20H19N5O2/c1-3-5-11-15(4-2)18(26)24-20-23-17-16(21-13-22-17)19(25-20)27-12-14-9-7-6-8-10-14/h3-11,13H,2,12H2,1H3,(H2,21,22,23,24,25,26)/b5-3-,15-11+. The molecule has 7 nitrogen and oxygen atoms in total. The van der Waals surface area contributed by atoms with Crippen molar-refractivity contribution in [3.8, 4) is 5.88 Å². The zero-order chi connectivity index (χ0) is 19.1. The van der Waals surface area contributed by atoms with E-state index in [0.717, 1.165) is 5.56 Å². The average molecular weight is 361 g/mol. The van der Waals surface area contributed by atoms with Gasteiger partial charge >= 0.3 is 0 Å². The highest BCUT2D eigenvalue weighted by molar-refractivity contribution is 6.05. The molecule has 0 fully saturated rings. The number of nitrogens with one attached hydrogen (secondary N) is 2. The van der Waals surface area contributed by atoms with Gasteiger partial charge in [-0.25, -0.2) is 4.98 Å². The SMILES string of the molecule is C=C/C(=C\C=C/C)C(=O)Nc1nc(OCc2ccccc2)c2[nH]cnc2n1. The van der Waals surface area contributed by atoms with Gasteiger partial charge in [-0.3, -0.25) is 10.1 Å². The Balaban J connectivity index is 1.84. The van der Waals surface area contributed by atoms with Gasteiger partial charge < -0.3 is 9.72 Å². The van der Waals surface area contributed by atoms with Crippen molar-refractivity contribution in [1.29, 1.82) is 0 Å². The van der Waals surface area contributed by atoms with Crippen LogP contribution < -0.4 is 10.1 Å². The Bertz CT molecular complexity index is 1010. The lowest BCUT2D eigenvalue weighted by Crippen LogP contribution is -2.16. The fourth-order valence-electron chi connectivity index (χ4n) is 2.30. The molecule has 0 spiro atoms. The van der Waals surface area contributed by atoms with Crippen molar-refractivity contribution in [2.45, 2.75) is 13.5 Å². The Morgan fingerprint density at radius 3 is 2.85 bits per heavy atom. The number of ether oxygens (including phenoxy) is 1. The second-order valence-electron chi connectivity index (χ2n) is 5.53. The summed E-state index contributed by atoms with van der Waals surface area (Å²) in [6, 6.07) is 9.72. The van der Waals surface area contributed by atoms with E-state index in [9.17, 15) is 4.79 Å². The van der Waals surface area contributed by atoms with Crippen LogP contribution in [0.2, 0.25) is 0 Å². The van der Waals surface area contributed by atoms with Gasteiger partial charge in [-0.15, -0.1) is 0 Å². The smallest absolute Gasteiger partial charge is 0.257 e. The zero-order valence-corrected chi connectivity index (χ0v) is 14.8. The van der Waals surface area contributed by atoms with Crippen molar-refractivity contribution >= 4 is 23.0 Å². The second-order valence-corrected chi connectivity index (χ2v) is 5.53. The number of imidazole rings is 1. The molecule has 0 saturated heterocycles. The third-order valence-electron chi connectivity index (χ3n) is 3.65. The molecule has 0 saturated carbocycles. The van der Waals surface area contributed by atoms with E-state index in [4.69, 9.17) is 4.74 Å². The highest BCUT2D eigenvalue weighted by atomic mass is 16.5. The molecule has 27 heavy (non-hydrogen) atoms. The molecule has 1 aromatic carbocycles. The van der Waals surface area contributed by atoms with E-state index < -0.39 is 0 Å². The zero-order valence-electron chi connectivity index (χ0n) is 14.8. The van der Waals surface area contributed by atoms with Crippen LogP contribution in [0, 0.1) is 0 Å². The van der Waals surface area contributed by atoms with Crippen LogP contribution in [0.15, 0.2) is 73.1 Å². The molecule has 0 aliphatic carbocycles. The Morgan fingerprint density at radius 2 is 2.11 bits per heavy atom. The minimum absolute atomic E-state index is 0.107. The molecule has 0 aliphatic heterocycles. The number of H-pyrrole nitrogens is 1. The van der Waals surface area contributed by atoms with Gasteiger partial charge in [0.15, 0.2) is 5.65 Å². The van der Waals surface area contributed by atoms with Crippen LogP contribution in [-0.4, -0.2) is 25.8 Å². The third kappa shape index (κ3) is 4.46. The Kier molecular flexibility index (Phi) is 5.73. The van der Waals surface area contributed by atoms with Crippen LogP contribution >= 0.6 is 0 Å². The van der Waals surface area contributed by atoms with Gasteiger partial charge in [0.1, 0.15) is 12.1 Å². The number of benzene rings is 1. The summed E-state index contributed by atoms with van der Waals surface area (Å²) in [6.07, 6.45) is 8.19. The number of nitrogens with zero attached hydrogens (tertiary/aromatic N) is 3. The van der Waals surface area contributed by atoms with Crippen molar-refractivity contribution in [1.82, 2.24) is 19.9 Å². The van der Waals surface area contributed by atoms with Gasteiger partial charge in [0.05, 0.1) is 6.33 Å². The number of rotatable bonds is 7. The summed E-state index contributed by atoms with van der Waals surface area (Å²) in [6.45, 7) is 5.85. The number of amides is 1. The van der Waals surface area contributed by atoms with Crippen molar-refractivity contribution in [2.75, 3.05) is 5.32 Å². The van der Waals surface area contributed by atoms with E-state index >= 15 is 0 Å². The topological polar surface area (TPSA) is 92.8 Å². The maximum absolute atomic E-state index is 12.4. The lowest BCUT2D eigenvalue weighted by molar-refractivity contribution is -0.112. The molecule has 2 aromatic heterocycles. The molecule has 3 rings (SSSR count). The lowest BCUT2D eigenvalue weighted by atomic mass is 10.2. The number of allylic oxidation sites excluding steroid dienone is 3. The van der Waals surface area contributed by atoms with Gasteiger partial charge in [0.25, 0.3) is 5.91 Å². The van der Waals surface area contributed by atoms with Crippen molar-refractivity contribution in [3.05, 3.63) is 78.7 Å². The van der Waals surface area contributed by atoms with Gasteiger partial charge in [-0.2, -0.15) is 9.97 Å². The predicted molar refractivity (Wildman–Crippen MR) is 104 cm³/mol. The van der Waals surface area contributed by atoms with Crippen LogP contribution in [0.3, 0.4) is 0 Å². The molecule has 7 heteroatoms. The quantitative estimate of drug-likeness (QED) is 0.496. The summed E-state index contributed by atoms with van der Waals surface area (Å²) in [4.78, 5) is 28.0. The molecule has 0 radical (unpaired) electrons. The van der Waals surface area contributed by atoms with Crippen molar-refractivity contribution in [2.24, 2.45) is 0 Å². The molecule has 1 amide bonds. The van der Waals surface area contributed by atoms with Crippen LogP contribution in [0.5, 0.6) is 5.88 Å². The number of fused-ring (bicyclic) bond motifs is 1. The third-order valence-corrected chi connectivity index (χ3v) is 3.65. The number of carbonyl (C=O) groups is 1. The summed E-state index contributed by atoms with van der Waals surface area (Å²) >= 11 is 0. The Morgan fingerprint density at radius 1 is 1.30 bits per heavy atom. The van der Waals surface area contributed by atoms with E-state index in [1.54, 1.807) is 12.2 Å². The first-order valence-electron chi connectivity index (χ1n) is 8.36. The first-order valence-corrected chi connectivity index (χ1v) is 8.36. The number of aromatic nitrogens is 4. The summed E-state index contributed by atoms with van der Waals surface area (Å²) in [7, 11) is 0. The van der Waals surface area contributed by atoms with E-state index in [2.05, 4.69) is 31.8 Å². The summed E-state index contributed by atoms with van der Waals surface area (Å²) in [5.41, 5.74) is 2.36. The van der Waals surface area contributed by atoms with E-state index in [1.165, 1.54) is 12.4 Å². The number of aromatic amines is 1. The minimum Gasteiger partial charge on any atom is -0.471 e. The molecule has 0 bridgehead atoms. The molecule has 0 aliphatic rings. The maximum atomic E-state index is 12.4. The Hall–Kier alpha value is -3.74. The highest BCUT2D eigenvalue weighted by Gasteiger charge is 2.14. The average Bonchev–Trinajstić information content (AvgIpc) is 3.16. The summed E-state index contributed by atoms with van der Waals surface area (Å²) < 4.78 is 5.82. The van der Waals surface area contributed by atoms with E-state index in [0.29, 0.717) is 29.2 Å². The Labute approximate surface area is 156 Å². The highest BCUT2D eigenvalue weighted by Crippen LogP contribution is 2.22. The summed E-state index contributed by atoms with van der Waals surface area (Å²) in [5.74, 6) is 0.0529. The second kappa shape index (κ2) is 8.57. The number of hydrogen-bond donors (Lipinski definition) is 2. The molecule has 136 valence electrons. The van der Waals surface area contributed by atoms with Gasteiger partial charge in [-0.1, -0.05) is 55.1 Å². The van der Waals surface area contributed by atoms with Crippen molar-refractivity contribution in [3.63, 3.8) is 0 Å². The van der Waals surface area contributed by atoms with Crippen LogP contribution in [0.4, 0.5) is 5.95 Å². The largest absolute Gasteiger partial charge is 0.471 e. The van der Waals surface area contributed by atoms with Crippen molar-refractivity contribution < 1.29 is 9.53 Å². The van der Waals surface area contributed by atoms with Gasteiger partial charge in [0.2, 0.25) is 11.8 Å². The van der Waals surface area contributed by atoms with Crippen LogP contribution in [0.25, 0.3) is 11.2 Å². The number of anilines is 1. The molecule has 0 atom stereocenters. The number of carbonyl (C=O) groups excluding carboxylic acids is 1. The maximum Gasteiger partial charge on any atom is 0.257 e. The fourth-order valence-corrected chi connectivity index (χ4v) is 2.30. The molecule has 2 heterocycles. The normalized spacial score (nSPS) is 11.7. The lowest BCUT2D eigenvalue weighted by Gasteiger charge is -2.09. The first-order chi connectivity index (χ1) is 13.2. The van der Waals surface area contributed by atoms with E-state index in [1.807, 2.05) is 43.3 Å². The predicted octanol–water partition coefficient (Wildman–Crippen LogP) is 3.56. The molecule has 2 N–H and O–H groups in total. The molecular formula is C20H19N5O2. The first kappa shape index (κ1) is 18.1. The van der Waals surface area contributed by atoms with Crippen LogP contribution in [-0.2, 0) is 11.4 Å². The summed E-state index contributed by atoms with van der Waals surface area (Å²) in [5, 5.41) is 2.65. The van der Waals surface area contributed by atoms with Gasteiger partial charge in [-0.05, 0) is 18.6 Å². The molecule has 3 aromatic rings. The van der Waals surface area contributed by atoms with Gasteiger partial charge in [0, 0.05) is 5.57 Å².